The first-order valence-corrected chi connectivity index (χ1v) is 5.68. The summed E-state index contributed by atoms with van der Waals surface area (Å²) in [5.74, 6) is 0. The Balaban J connectivity index is 0. The highest BCUT2D eigenvalue weighted by atomic mass is 28.3. The number of hydrogen-bond donors (Lipinski definition) is 1. The summed E-state index contributed by atoms with van der Waals surface area (Å²) in [5, 5.41) is 0. The molecule has 81 valence electrons. The van der Waals surface area contributed by atoms with Crippen LogP contribution in [0.1, 0.15) is 26.2 Å². The van der Waals surface area contributed by atoms with Crippen molar-refractivity contribution in [2.75, 3.05) is 27.9 Å². The van der Waals surface area contributed by atoms with Gasteiger partial charge in [-0.1, -0.05) is 19.8 Å². The molecule has 0 aromatic heterocycles. The van der Waals surface area contributed by atoms with Gasteiger partial charge in [0.05, 0.1) is 0 Å². The SMILES string of the molecule is CCCCCN.CO[Si](OC)OC. The Labute approximate surface area is 83.3 Å². The Morgan fingerprint density at radius 1 is 1.00 bits per heavy atom. The van der Waals surface area contributed by atoms with Gasteiger partial charge in [-0.2, -0.15) is 0 Å². The normalized spacial score (nSPS) is 9.69. The fourth-order valence-electron chi connectivity index (χ4n) is 0.644. The first kappa shape index (κ1) is 15.5. The molecule has 0 bridgehead atoms. The van der Waals surface area contributed by atoms with E-state index < -0.39 is 9.53 Å². The Morgan fingerprint density at radius 2 is 1.46 bits per heavy atom. The van der Waals surface area contributed by atoms with E-state index in [0.29, 0.717) is 0 Å². The van der Waals surface area contributed by atoms with Gasteiger partial charge in [-0.05, 0) is 13.0 Å². The van der Waals surface area contributed by atoms with Gasteiger partial charge in [0.25, 0.3) is 0 Å². The first-order chi connectivity index (χ1) is 6.26. The number of nitrogens with two attached hydrogens (primary N) is 1. The van der Waals surface area contributed by atoms with Gasteiger partial charge in [0.1, 0.15) is 0 Å². The number of rotatable bonds is 6. The van der Waals surface area contributed by atoms with E-state index in [-0.39, 0.29) is 0 Å². The van der Waals surface area contributed by atoms with Crippen molar-refractivity contribution in [1.82, 2.24) is 0 Å². The molecule has 0 fully saturated rings. The minimum Gasteiger partial charge on any atom is -0.375 e. The fraction of sp³-hybridized carbons (Fsp3) is 1.00. The molecular weight excluding hydrogens is 186 g/mol. The summed E-state index contributed by atoms with van der Waals surface area (Å²) in [7, 11) is 3.31. The van der Waals surface area contributed by atoms with Crippen LogP contribution in [-0.2, 0) is 13.3 Å². The van der Waals surface area contributed by atoms with Gasteiger partial charge >= 0.3 is 9.53 Å². The summed E-state index contributed by atoms with van der Waals surface area (Å²) in [6.45, 7) is 3.03. The van der Waals surface area contributed by atoms with Crippen molar-refractivity contribution in [2.24, 2.45) is 5.73 Å². The molecule has 0 saturated heterocycles. The largest absolute Gasteiger partial charge is 0.576 e. The van der Waals surface area contributed by atoms with Crippen molar-refractivity contribution < 1.29 is 13.3 Å². The molecule has 0 aliphatic heterocycles. The highest BCUT2D eigenvalue weighted by Gasteiger charge is 2.09. The zero-order valence-corrected chi connectivity index (χ0v) is 10.1. The lowest BCUT2D eigenvalue weighted by Crippen LogP contribution is -2.21. The summed E-state index contributed by atoms with van der Waals surface area (Å²) in [6, 6.07) is 0. The van der Waals surface area contributed by atoms with Gasteiger partial charge in [0, 0.05) is 21.3 Å². The van der Waals surface area contributed by atoms with Crippen LogP contribution < -0.4 is 5.73 Å². The Bertz CT molecular complexity index is 72.3. The fourth-order valence-corrected chi connectivity index (χ4v) is 1.14. The van der Waals surface area contributed by atoms with Gasteiger partial charge in [-0.15, -0.1) is 0 Å². The second kappa shape index (κ2) is 14.6. The van der Waals surface area contributed by atoms with Gasteiger partial charge in [0.15, 0.2) is 0 Å². The minimum atomic E-state index is -1.36. The molecule has 0 aromatic rings. The van der Waals surface area contributed by atoms with Crippen LogP contribution >= 0.6 is 0 Å². The quantitative estimate of drug-likeness (QED) is 0.523. The molecule has 1 radical (unpaired) electrons. The predicted octanol–water partition coefficient (Wildman–Crippen LogP) is 1.05. The highest BCUT2D eigenvalue weighted by Crippen LogP contribution is 1.88. The van der Waals surface area contributed by atoms with E-state index in [2.05, 4.69) is 6.92 Å². The highest BCUT2D eigenvalue weighted by molar-refractivity contribution is 6.36. The van der Waals surface area contributed by atoms with Crippen LogP contribution in [0.4, 0.5) is 0 Å². The molecule has 4 nitrogen and oxygen atoms in total. The van der Waals surface area contributed by atoms with Crippen LogP contribution in [0.3, 0.4) is 0 Å². The monoisotopic (exact) mass is 208 g/mol. The van der Waals surface area contributed by atoms with Crippen LogP contribution in [0.25, 0.3) is 0 Å². The standard InChI is InChI=1S/C5H13N.C3H9O3Si/c1-2-3-4-5-6;1-4-7(5-2)6-3/h2-6H2,1H3;1-3H3. The molecular formula is C8H22NO3Si. The van der Waals surface area contributed by atoms with Crippen LogP contribution in [0.15, 0.2) is 0 Å². The van der Waals surface area contributed by atoms with Crippen LogP contribution in [0, 0.1) is 0 Å². The Hall–Kier alpha value is 0.0569. The summed E-state index contributed by atoms with van der Waals surface area (Å²) in [6.07, 6.45) is 3.75. The van der Waals surface area contributed by atoms with Crippen molar-refractivity contribution in [2.45, 2.75) is 26.2 Å². The van der Waals surface area contributed by atoms with Crippen molar-refractivity contribution >= 4 is 9.53 Å². The van der Waals surface area contributed by atoms with E-state index in [0.717, 1.165) is 6.54 Å². The second-order valence-electron chi connectivity index (χ2n) is 2.36. The lowest BCUT2D eigenvalue weighted by Gasteiger charge is -2.02. The van der Waals surface area contributed by atoms with Gasteiger partial charge in [-0.25, -0.2) is 0 Å². The topological polar surface area (TPSA) is 53.7 Å². The molecule has 0 saturated carbocycles. The van der Waals surface area contributed by atoms with Crippen molar-refractivity contribution in [3.63, 3.8) is 0 Å². The maximum Gasteiger partial charge on any atom is 0.576 e. The summed E-state index contributed by atoms with van der Waals surface area (Å²) >= 11 is 0. The van der Waals surface area contributed by atoms with Crippen molar-refractivity contribution in [3.8, 4) is 0 Å². The first-order valence-electron chi connectivity index (χ1n) is 4.45. The molecule has 0 amide bonds. The molecule has 0 atom stereocenters. The lowest BCUT2D eigenvalue weighted by molar-refractivity contribution is 0.163. The third-order valence-corrected chi connectivity index (χ3v) is 2.31. The van der Waals surface area contributed by atoms with E-state index >= 15 is 0 Å². The van der Waals surface area contributed by atoms with E-state index in [1.165, 1.54) is 19.3 Å². The smallest absolute Gasteiger partial charge is 0.375 e. The van der Waals surface area contributed by atoms with Crippen molar-refractivity contribution in [1.29, 1.82) is 0 Å². The molecule has 0 aromatic carbocycles. The predicted molar refractivity (Wildman–Crippen MR) is 55.4 cm³/mol. The molecule has 0 spiro atoms. The Morgan fingerprint density at radius 3 is 1.54 bits per heavy atom. The summed E-state index contributed by atoms with van der Waals surface area (Å²) < 4.78 is 14.1. The molecule has 2 N–H and O–H groups in total. The van der Waals surface area contributed by atoms with Gasteiger partial charge in [0.2, 0.25) is 0 Å². The maximum absolute atomic E-state index is 5.21. The minimum absolute atomic E-state index is 0.855. The van der Waals surface area contributed by atoms with Gasteiger partial charge in [-0.3, -0.25) is 0 Å². The average molecular weight is 208 g/mol. The third-order valence-electron chi connectivity index (χ3n) is 1.31. The summed E-state index contributed by atoms with van der Waals surface area (Å²) in [5.41, 5.74) is 5.21. The van der Waals surface area contributed by atoms with Crippen LogP contribution in [0.5, 0.6) is 0 Å². The molecule has 0 aliphatic rings. The molecule has 5 heteroatoms. The zero-order valence-electron chi connectivity index (χ0n) is 9.13. The van der Waals surface area contributed by atoms with E-state index in [1.54, 1.807) is 21.3 Å². The van der Waals surface area contributed by atoms with Crippen molar-refractivity contribution in [3.05, 3.63) is 0 Å². The van der Waals surface area contributed by atoms with Crippen LogP contribution in [-0.4, -0.2) is 37.4 Å². The lowest BCUT2D eigenvalue weighted by atomic mass is 10.3. The molecule has 0 unspecified atom stereocenters. The van der Waals surface area contributed by atoms with E-state index in [9.17, 15) is 0 Å². The number of hydrogen-bond acceptors (Lipinski definition) is 4. The zero-order chi connectivity index (χ0) is 10.5. The molecule has 0 heterocycles. The third kappa shape index (κ3) is 14.9. The van der Waals surface area contributed by atoms with E-state index in [4.69, 9.17) is 19.0 Å². The van der Waals surface area contributed by atoms with Crippen LogP contribution in [0.2, 0.25) is 0 Å². The molecule has 13 heavy (non-hydrogen) atoms. The Kier molecular flexibility index (Phi) is 17.4. The average Bonchev–Trinajstić information content (AvgIpc) is 2.18. The second-order valence-corrected chi connectivity index (χ2v) is 4.08. The summed E-state index contributed by atoms with van der Waals surface area (Å²) in [4.78, 5) is 0. The molecule has 0 rings (SSSR count). The van der Waals surface area contributed by atoms with Gasteiger partial charge < -0.3 is 19.0 Å². The van der Waals surface area contributed by atoms with E-state index in [1.807, 2.05) is 0 Å². The number of unbranched alkanes of at least 4 members (excludes halogenated alkanes) is 2. The maximum atomic E-state index is 5.21. The molecule has 0 aliphatic carbocycles.